The van der Waals surface area contributed by atoms with Crippen LogP contribution < -0.4 is 5.32 Å². The highest BCUT2D eigenvalue weighted by molar-refractivity contribution is 7.99. The molecule has 0 aromatic carbocycles. The highest BCUT2D eigenvalue weighted by Gasteiger charge is 2.22. The molecule has 4 heterocycles. The van der Waals surface area contributed by atoms with E-state index in [9.17, 15) is 4.79 Å². The molecule has 1 aliphatic rings. The third kappa shape index (κ3) is 5.07. The monoisotopic (exact) mass is 416 g/mol. The molecule has 3 aromatic heterocycles. The van der Waals surface area contributed by atoms with E-state index < -0.39 is 0 Å². The van der Waals surface area contributed by atoms with Crippen molar-refractivity contribution in [1.82, 2.24) is 30.1 Å². The van der Waals surface area contributed by atoms with Crippen molar-refractivity contribution in [3.8, 4) is 0 Å². The topological polar surface area (TPSA) is 102 Å². The van der Waals surface area contributed by atoms with Crippen LogP contribution in [0.3, 0.4) is 0 Å². The van der Waals surface area contributed by atoms with Crippen molar-refractivity contribution in [2.75, 3.05) is 19.6 Å². The minimum absolute atomic E-state index is 0.185. The Morgan fingerprint density at radius 1 is 1.41 bits per heavy atom. The fourth-order valence-corrected chi connectivity index (χ4v) is 4.18. The third-order valence-corrected chi connectivity index (χ3v) is 5.87. The van der Waals surface area contributed by atoms with E-state index in [-0.39, 0.29) is 5.91 Å². The molecule has 154 valence electrons. The highest BCUT2D eigenvalue weighted by atomic mass is 32.2. The zero-order chi connectivity index (χ0) is 20.2. The molecule has 3 aromatic rings. The first-order valence-electron chi connectivity index (χ1n) is 9.61. The SMILES string of the molecule is Cc1cc(C(=O)NC[C@@H]2CCCN(Cc3ccc(Sc4nncn4C)o3)C2)no1. The number of likely N-dealkylation sites (tertiary alicyclic amines) is 1. The summed E-state index contributed by atoms with van der Waals surface area (Å²) in [7, 11) is 1.91. The molecule has 0 aliphatic carbocycles. The second-order valence-electron chi connectivity index (χ2n) is 7.32. The number of aryl methyl sites for hydroxylation is 2. The highest BCUT2D eigenvalue weighted by Crippen LogP contribution is 2.28. The first-order chi connectivity index (χ1) is 14.1. The number of furan rings is 1. The number of hydrogen-bond donors (Lipinski definition) is 1. The molecule has 1 amide bonds. The van der Waals surface area contributed by atoms with Crippen molar-refractivity contribution >= 4 is 17.7 Å². The lowest BCUT2D eigenvalue weighted by atomic mass is 9.98. The van der Waals surface area contributed by atoms with Gasteiger partial charge in [0.05, 0.1) is 6.54 Å². The zero-order valence-electron chi connectivity index (χ0n) is 16.5. The minimum Gasteiger partial charge on any atom is -0.453 e. The maximum absolute atomic E-state index is 12.2. The van der Waals surface area contributed by atoms with Gasteiger partial charge in [0.25, 0.3) is 5.91 Å². The summed E-state index contributed by atoms with van der Waals surface area (Å²) < 4.78 is 12.8. The number of carbonyl (C=O) groups is 1. The summed E-state index contributed by atoms with van der Waals surface area (Å²) in [6, 6.07) is 5.63. The zero-order valence-corrected chi connectivity index (χ0v) is 17.3. The number of carbonyl (C=O) groups excluding carboxylic acids is 1. The van der Waals surface area contributed by atoms with E-state index in [1.54, 1.807) is 19.3 Å². The molecule has 1 fully saturated rings. The third-order valence-electron chi connectivity index (χ3n) is 4.89. The van der Waals surface area contributed by atoms with Gasteiger partial charge in [0.2, 0.25) is 0 Å². The average Bonchev–Trinajstić information content (AvgIpc) is 3.43. The van der Waals surface area contributed by atoms with Crippen molar-refractivity contribution in [2.24, 2.45) is 13.0 Å². The lowest BCUT2D eigenvalue weighted by Crippen LogP contribution is -2.40. The van der Waals surface area contributed by atoms with E-state index in [1.807, 2.05) is 23.7 Å². The quantitative estimate of drug-likeness (QED) is 0.627. The van der Waals surface area contributed by atoms with Gasteiger partial charge in [-0.1, -0.05) is 5.16 Å². The molecule has 4 rings (SSSR count). The van der Waals surface area contributed by atoms with Gasteiger partial charge in [-0.15, -0.1) is 10.2 Å². The second kappa shape index (κ2) is 8.83. The Morgan fingerprint density at radius 2 is 2.31 bits per heavy atom. The first kappa shape index (κ1) is 19.7. The fraction of sp³-hybridized carbons (Fsp3) is 0.474. The van der Waals surface area contributed by atoms with Gasteiger partial charge in [-0.25, -0.2) is 0 Å². The number of amides is 1. The molecular weight excluding hydrogens is 392 g/mol. The van der Waals surface area contributed by atoms with Crippen molar-refractivity contribution in [3.63, 3.8) is 0 Å². The first-order valence-corrected chi connectivity index (χ1v) is 10.4. The summed E-state index contributed by atoms with van der Waals surface area (Å²) in [5, 5.41) is 16.3. The van der Waals surface area contributed by atoms with Crippen molar-refractivity contribution in [1.29, 1.82) is 0 Å². The smallest absolute Gasteiger partial charge is 0.273 e. The Kier molecular flexibility index (Phi) is 6.00. The van der Waals surface area contributed by atoms with Crippen LogP contribution in [-0.4, -0.2) is 50.4 Å². The molecule has 0 saturated carbocycles. The number of rotatable bonds is 7. The Bertz CT molecular complexity index is 965. The van der Waals surface area contributed by atoms with Crippen LogP contribution in [0.15, 0.2) is 43.7 Å². The van der Waals surface area contributed by atoms with E-state index in [1.165, 1.54) is 11.8 Å². The summed E-state index contributed by atoms with van der Waals surface area (Å²) >= 11 is 1.46. The molecule has 0 spiro atoms. The summed E-state index contributed by atoms with van der Waals surface area (Å²) in [4.78, 5) is 14.5. The molecule has 1 saturated heterocycles. The molecular formula is C19H24N6O3S. The normalized spacial score (nSPS) is 17.5. The van der Waals surface area contributed by atoms with Gasteiger partial charge in [0, 0.05) is 26.2 Å². The van der Waals surface area contributed by atoms with Gasteiger partial charge in [-0.05, 0) is 56.1 Å². The Labute approximate surface area is 172 Å². The Morgan fingerprint density at radius 3 is 3.07 bits per heavy atom. The maximum atomic E-state index is 12.2. The van der Waals surface area contributed by atoms with E-state index in [4.69, 9.17) is 8.94 Å². The summed E-state index contributed by atoms with van der Waals surface area (Å²) in [5.74, 6) is 1.78. The standard InChI is InChI=1S/C19H24N6O3S/c1-13-8-16(23-28-13)18(26)20-9-14-4-3-7-25(10-14)11-15-5-6-17(27-15)29-19-22-21-12-24(19)2/h5-6,8,12,14H,3-4,7,9-11H2,1-2H3,(H,20,26)/t14-/m0/s1. The van der Waals surface area contributed by atoms with E-state index in [0.717, 1.165) is 48.5 Å². The van der Waals surface area contributed by atoms with Gasteiger partial charge in [0.1, 0.15) is 17.8 Å². The van der Waals surface area contributed by atoms with Crippen LogP contribution in [-0.2, 0) is 13.6 Å². The van der Waals surface area contributed by atoms with Crippen LogP contribution in [0.5, 0.6) is 0 Å². The van der Waals surface area contributed by atoms with Crippen LogP contribution in [0.4, 0.5) is 0 Å². The van der Waals surface area contributed by atoms with Gasteiger partial charge < -0.3 is 18.8 Å². The molecule has 1 atom stereocenters. The Hall–Kier alpha value is -2.59. The number of piperidine rings is 1. The molecule has 9 nitrogen and oxygen atoms in total. The summed E-state index contributed by atoms with van der Waals surface area (Å²) in [6.07, 6.45) is 3.87. The minimum atomic E-state index is -0.185. The number of nitrogens with one attached hydrogen (secondary N) is 1. The molecule has 0 radical (unpaired) electrons. The lowest BCUT2D eigenvalue weighted by Gasteiger charge is -2.32. The van der Waals surface area contributed by atoms with Gasteiger partial charge >= 0.3 is 0 Å². The molecule has 0 bridgehead atoms. The fourth-order valence-electron chi connectivity index (χ4n) is 3.44. The molecule has 1 N–H and O–H groups in total. The number of nitrogens with zero attached hydrogens (tertiary/aromatic N) is 5. The maximum Gasteiger partial charge on any atom is 0.273 e. The van der Waals surface area contributed by atoms with Crippen LogP contribution in [0.2, 0.25) is 0 Å². The molecule has 1 aliphatic heterocycles. The van der Waals surface area contributed by atoms with Crippen molar-refractivity contribution in [3.05, 3.63) is 41.7 Å². The van der Waals surface area contributed by atoms with Crippen molar-refractivity contribution in [2.45, 2.75) is 36.6 Å². The molecule has 0 unspecified atom stereocenters. The molecule has 29 heavy (non-hydrogen) atoms. The van der Waals surface area contributed by atoms with Gasteiger partial charge in [-0.2, -0.15) is 0 Å². The van der Waals surface area contributed by atoms with Crippen LogP contribution >= 0.6 is 11.8 Å². The van der Waals surface area contributed by atoms with Crippen LogP contribution in [0.25, 0.3) is 0 Å². The second-order valence-corrected chi connectivity index (χ2v) is 8.30. The predicted molar refractivity (Wildman–Crippen MR) is 105 cm³/mol. The lowest BCUT2D eigenvalue weighted by molar-refractivity contribution is 0.0919. The average molecular weight is 417 g/mol. The number of hydrogen-bond acceptors (Lipinski definition) is 8. The largest absolute Gasteiger partial charge is 0.453 e. The molecule has 10 heteroatoms. The predicted octanol–water partition coefficient (Wildman–Crippen LogP) is 2.50. The van der Waals surface area contributed by atoms with Crippen LogP contribution in [0, 0.1) is 12.8 Å². The summed E-state index contributed by atoms with van der Waals surface area (Å²) in [6.45, 7) is 5.11. The van der Waals surface area contributed by atoms with Crippen molar-refractivity contribution < 1.29 is 13.7 Å². The van der Waals surface area contributed by atoms with Crippen LogP contribution in [0.1, 0.15) is 34.9 Å². The summed E-state index contributed by atoms with van der Waals surface area (Å²) in [5.41, 5.74) is 0.332. The van der Waals surface area contributed by atoms with E-state index in [2.05, 4.69) is 25.6 Å². The number of aromatic nitrogens is 4. The van der Waals surface area contributed by atoms with Gasteiger partial charge in [0.15, 0.2) is 15.9 Å². The van der Waals surface area contributed by atoms with E-state index in [0.29, 0.717) is 23.9 Å². The van der Waals surface area contributed by atoms with E-state index >= 15 is 0 Å². The van der Waals surface area contributed by atoms with Gasteiger partial charge in [-0.3, -0.25) is 9.69 Å². The Balaban J connectivity index is 1.26.